The molecule has 0 spiro atoms. The van der Waals surface area contributed by atoms with Crippen molar-refractivity contribution in [3.8, 4) is 0 Å². The second kappa shape index (κ2) is 9.30. The summed E-state index contributed by atoms with van der Waals surface area (Å²) in [5, 5.41) is 0.820. The number of sulfonamides is 1. The van der Waals surface area contributed by atoms with E-state index in [1.165, 1.54) is 30.3 Å². The first kappa shape index (κ1) is 23.8. The summed E-state index contributed by atoms with van der Waals surface area (Å²) in [6, 6.07) is 15.6. The molecular weight excluding hydrogens is 477 g/mol. The van der Waals surface area contributed by atoms with Gasteiger partial charge in [-0.1, -0.05) is 53.0 Å². The lowest BCUT2D eigenvalue weighted by molar-refractivity contribution is 0.580. The average Bonchev–Trinajstić information content (AvgIpc) is 2.71. The minimum Gasteiger partial charge on any atom is -0.219 e. The fourth-order valence-corrected chi connectivity index (χ4v) is 5.98. The molecule has 31 heavy (non-hydrogen) atoms. The number of aryl methyl sites for hydroxylation is 2. The number of sulfone groups is 1. The normalized spacial score (nSPS) is 12.1. The molecule has 0 radical (unpaired) electrons. The molecule has 9 heteroatoms. The Morgan fingerprint density at radius 1 is 0.774 bits per heavy atom. The average molecular weight is 498 g/mol. The quantitative estimate of drug-likeness (QED) is 0.499. The zero-order valence-electron chi connectivity index (χ0n) is 16.9. The van der Waals surface area contributed by atoms with Crippen LogP contribution in [0.1, 0.15) is 16.7 Å². The van der Waals surface area contributed by atoms with Crippen LogP contribution in [0.2, 0.25) is 10.0 Å². The van der Waals surface area contributed by atoms with E-state index in [0.29, 0.717) is 22.0 Å². The molecule has 0 aliphatic carbocycles. The summed E-state index contributed by atoms with van der Waals surface area (Å²) < 4.78 is 54.2. The van der Waals surface area contributed by atoms with Crippen molar-refractivity contribution in [3.63, 3.8) is 0 Å². The molecule has 0 amide bonds. The summed E-state index contributed by atoms with van der Waals surface area (Å²) in [4.78, 5) is -0.0421. The van der Waals surface area contributed by atoms with Crippen LogP contribution in [0.5, 0.6) is 0 Å². The third kappa shape index (κ3) is 5.48. The molecule has 0 unspecified atom stereocenters. The van der Waals surface area contributed by atoms with E-state index in [0.717, 1.165) is 11.1 Å². The molecular formula is C22H21Cl2NO4S2. The summed E-state index contributed by atoms with van der Waals surface area (Å²) in [6.07, 6.45) is 0.399. The van der Waals surface area contributed by atoms with E-state index < -0.39 is 19.9 Å². The maximum absolute atomic E-state index is 13.0. The van der Waals surface area contributed by atoms with Crippen molar-refractivity contribution >= 4 is 43.1 Å². The molecule has 5 nitrogen and oxygen atoms in total. The van der Waals surface area contributed by atoms with Crippen LogP contribution >= 0.6 is 23.2 Å². The predicted octanol–water partition coefficient (Wildman–Crippen LogP) is 4.96. The van der Waals surface area contributed by atoms with Crippen LogP contribution < -0.4 is 4.72 Å². The molecule has 0 saturated heterocycles. The Hall–Kier alpha value is -1.90. The van der Waals surface area contributed by atoms with Gasteiger partial charge in [0.25, 0.3) is 0 Å². The molecule has 0 heterocycles. The van der Waals surface area contributed by atoms with Crippen molar-refractivity contribution in [2.24, 2.45) is 0 Å². The number of rotatable bonds is 7. The Bertz CT molecular complexity index is 1320. The zero-order chi connectivity index (χ0) is 22.8. The van der Waals surface area contributed by atoms with E-state index in [1.54, 1.807) is 37.3 Å². The number of hydrogen-bond acceptors (Lipinski definition) is 4. The molecule has 1 N–H and O–H groups in total. The van der Waals surface area contributed by atoms with Crippen molar-refractivity contribution in [3.05, 3.63) is 87.4 Å². The molecule has 164 valence electrons. The molecule has 0 aromatic heterocycles. The predicted molar refractivity (Wildman–Crippen MR) is 123 cm³/mol. The van der Waals surface area contributed by atoms with E-state index in [-0.39, 0.29) is 21.2 Å². The van der Waals surface area contributed by atoms with Gasteiger partial charge < -0.3 is 0 Å². The zero-order valence-corrected chi connectivity index (χ0v) is 20.0. The third-order valence-electron chi connectivity index (χ3n) is 4.78. The molecule has 3 aromatic rings. The van der Waals surface area contributed by atoms with Crippen LogP contribution in [0.4, 0.5) is 0 Å². The summed E-state index contributed by atoms with van der Waals surface area (Å²) in [5.41, 5.74) is 2.20. The lowest BCUT2D eigenvalue weighted by Gasteiger charge is -2.12. The van der Waals surface area contributed by atoms with Gasteiger partial charge in [0, 0.05) is 6.54 Å². The van der Waals surface area contributed by atoms with Crippen molar-refractivity contribution in [2.45, 2.75) is 35.0 Å². The van der Waals surface area contributed by atoms with Gasteiger partial charge in [-0.3, -0.25) is 0 Å². The molecule has 0 aliphatic heterocycles. The van der Waals surface area contributed by atoms with Gasteiger partial charge in [-0.05, 0) is 67.8 Å². The van der Waals surface area contributed by atoms with E-state index in [9.17, 15) is 16.8 Å². The Balaban J connectivity index is 1.84. The van der Waals surface area contributed by atoms with Crippen molar-refractivity contribution < 1.29 is 16.8 Å². The Kier molecular flexibility index (Phi) is 7.13. The van der Waals surface area contributed by atoms with Gasteiger partial charge >= 0.3 is 0 Å². The van der Waals surface area contributed by atoms with Crippen molar-refractivity contribution in [2.75, 3.05) is 6.54 Å². The van der Waals surface area contributed by atoms with Crippen LogP contribution in [0.15, 0.2) is 75.4 Å². The van der Waals surface area contributed by atoms with Crippen LogP contribution in [0.3, 0.4) is 0 Å². The van der Waals surface area contributed by atoms with Crippen LogP contribution in [0.25, 0.3) is 0 Å². The maximum Gasteiger partial charge on any atom is 0.240 e. The molecule has 0 fully saturated rings. The molecule has 0 aliphatic rings. The second-order valence-corrected chi connectivity index (χ2v) is 11.6. The van der Waals surface area contributed by atoms with Gasteiger partial charge in [-0.15, -0.1) is 0 Å². The molecule has 0 bridgehead atoms. The topological polar surface area (TPSA) is 80.3 Å². The van der Waals surface area contributed by atoms with Gasteiger partial charge in [0.2, 0.25) is 19.9 Å². The van der Waals surface area contributed by atoms with E-state index in [4.69, 9.17) is 23.2 Å². The highest BCUT2D eigenvalue weighted by atomic mass is 35.5. The Labute approximate surface area is 193 Å². The van der Waals surface area contributed by atoms with E-state index in [2.05, 4.69) is 4.72 Å². The largest absolute Gasteiger partial charge is 0.240 e. The first-order valence-electron chi connectivity index (χ1n) is 9.37. The highest BCUT2D eigenvalue weighted by molar-refractivity contribution is 7.91. The van der Waals surface area contributed by atoms with Gasteiger partial charge in [-0.2, -0.15) is 0 Å². The van der Waals surface area contributed by atoms with Crippen LogP contribution in [0, 0.1) is 13.8 Å². The summed E-state index contributed by atoms with van der Waals surface area (Å²) >= 11 is 11.9. The molecule has 0 atom stereocenters. The second-order valence-electron chi connectivity index (χ2n) is 7.14. The fourth-order valence-electron chi connectivity index (χ4n) is 2.99. The van der Waals surface area contributed by atoms with Gasteiger partial charge in [0.05, 0.1) is 24.7 Å². The smallest absolute Gasteiger partial charge is 0.219 e. The first-order chi connectivity index (χ1) is 14.5. The SMILES string of the molecule is Cc1ccc(S(=O)(=O)c2ccc(C)c(S(=O)(=O)NCCc3ccc(Cl)c(Cl)c3)c2)cc1. The minimum absolute atomic E-state index is 0.0742. The van der Waals surface area contributed by atoms with Crippen LogP contribution in [-0.2, 0) is 26.3 Å². The lowest BCUT2D eigenvalue weighted by Crippen LogP contribution is -2.27. The Morgan fingerprint density at radius 3 is 2.06 bits per heavy atom. The summed E-state index contributed by atoms with van der Waals surface area (Å²) in [7, 11) is -7.77. The highest BCUT2D eigenvalue weighted by Gasteiger charge is 2.23. The Morgan fingerprint density at radius 2 is 1.42 bits per heavy atom. The summed E-state index contributed by atoms with van der Waals surface area (Å²) in [6.45, 7) is 3.60. The molecule has 3 rings (SSSR count). The van der Waals surface area contributed by atoms with Gasteiger partial charge in [0.15, 0.2) is 0 Å². The minimum atomic E-state index is -3.92. The van der Waals surface area contributed by atoms with Crippen LogP contribution in [-0.4, -0.2) is 23.4 Å². The highest BCUT2D eigenvalue weighted by Crippen LogP contribution is 2.26. The van der Waals surface area contributed by atoms with Crippen molar-refractivity contribution in [1.29, 1.82) is 0 Å². The van der Waals surface area contributed by atoms with Crippen molar-refractivity contribution in [1.82, 2.24) is 4.72 Å². The standard InChI is InChI=1S/C22H21Cl2NO4S2/c1-15-3-7-18(8-4-15)30(26,27)19-9-5-16(2)22(14-19)31(28,29)25-12-11-17-6-10-20(23)21(24)13-17/h3-10,13-14,25H,11-12H2,1-2H3. The number of halogens is 2. The molecule has 3 aromatic carbocycles. The van der Waals surface area contributed by atoms with Gasteiger partial charge in [0.1, 0.15) is 0 Å². The molecule has 0 saturated carbocycles. The third-order valence-corrected chi connectivity index (χ3v) is 8.89. The summed E-state index contributed by atoms with van der Waals surface area (Å²) in [5.74, 6) is 0. The lowest BCUT2D eigenvalue weighted by atomic mass is 10.1. The number of nitrogens with one attached hydrogen (secondary N) is 1. The maximum atomic E-state index is 13.0. The van der Waals surface area contributed by atoms with E-state index >= 15 is 0 Å². The number of hydrogen-bond donors (Lipinski definition) is 1. The van der Waals surface area contributed by atoms with E-state index in [1.807, 2.05) is 6.92 Å². The fraction of sp³-hybridized carbons (Fsp3) is 0.182. The number of benzene rings is 3. The monoisotopic (exact) mass is 497 g/mol. The first-order valence-corrected chi connectivity index (χ1v) is 13.1. The van der Waals surface area contributed by atoms with Gasteiger partial charge in [-0.25, -0.2) is 21.6 Å².